The van der Waals surface area contributed by atoms with Crippen LogP contribution >= 0.6 is 0 Å². The molecule has 6 heteroatoms. The average molecular weight is 282 g/mol. The average Bonchev–Trinajstić information content (AvgIpc) is 2.31. The van der Waals surface area contributed by atoms with Crippen molar-refractivity contribution in [1.29, 1.82) is 0 Å². The van der Waals surface area contributed by atoms with E-state index in [2.05, 4.69) is 0 Å². The molecule has 0 saturated carbocycles. The monoisotopic (exact) mass is 282 g/mol. The number of cyclic esters (lactones) is 2. The van der Waals surface area contributed by atoms with E-state index in [0.717, 1.165) is 12.1 Å². The van der Waals surface area contributed by atoms with Crippen LogP contribution in [0.15, 0.2) is 17.7 Å². The van der Waals surface area contributed by atoms with Crippen LogP contribution in [-0.2, 0) is 19.1 Å². The molecule has 2 rings (SSSR count). The van der Waals surface area contributed by atoms with Gasteiger partial charge in [-0.2, -0.15) is 0 Å². The molecule has 1 fully saturated rings. The first-order valence-electron chi connectivity index (χ1n) is 5.84. The van der Waals surface area contributed by atoms with E-state index in [9.17, 15) is 18.4 Å². The fourth-order valence-electron chi connectivity index (χ4n) is 1.73. The number of carbonyl (C=O) groups excluding carboxylic acids is 2. The Morgan fingerprint density at radius 1 is 1.10 bits per heavy atom. The lowest BCUT2D eigenvalue weighted by molar-refractivity contribution is -0.222. The van der Waals surface area contributed by atoms with Gasteiger partial charge in [-0.25, -0.2) is 18.4 Å². The van der Waals surface area contributed by atoms with E-state index in [1.165, 1.54) is 26.8 Å². The van der Waals surface area contributed by atoms with Crippen LogP contribution in [0.3, 0.4) is 0 Å². The van der Waals surface area contributed by atoms with Crippen LogP contribution in [0, 0.1) is 18.6 Å². The molecule has 1 aromatic rings. The van der Waals surface area contributed by atoms with Crippen LogP contribution in [-0.4, -0.2) is 17.7 Å². The Morgan fingerprint density at radius 3 is 2.20 bits per heavy atom. The molecule has 0 atom stereocenters. The fourth-order valence-corrected chi connectivity index (χ4v) is 1.73. The van der Waals surface area contributed by atoms with Crippen LogP contribution in [0.5, 0.6) is 0 Å². The molecule has 1 saturated heterocycles. The van der Waals surface area contributed by atoms with Crippen molar-refractivity contribution in [2.45, 2.75) is 26.6 Å². The number of halogens is 2. The molecule has 20 heavy (non-hydrogen) atoms. The molecule has 106 valence electrons. The van der Waals surface area contributed by atoms with Gasteiger partial charge in [0, 0.05) is 19.4 Å². The number of hydrogen-bond acceptors (Lipinski definition) is 4. The van der Waals surface area contributed by atoms with E-state index >= 15 is 0 Å². The van der Waals surface area contributed by atoms with Gasteiger partial charge in [0.25, 0.3) is 5.79 Å². The minimum atomic E-state index is -1.39. The van der Waals surface area contributed by atoms with Crippen molar-refractivity contribution in [1.82, 2.24) is 0 Å². The number of ether oxygens (including phenoxy) is 2. The summed E-state index contributed by atoms with van der Waals surface area (Å²) in [5.41, 5.74) is -0.836. The standard InChI is InChI=1S/C14H12F2O4/c1-7-4-5-10(15)8(11(7)16)6-9-12(17)19-14(2,3)20-13(9)18/h4-6H,1-3H3. The first-order valence-corrected chi connectivity index (χ1v) is 5.84. The Hall–Kier alpha value is -2.24. The van der Waals surface area contributed by atoms with Gasteiger partial charge in [0.1, 0.15) is 17.2 Å². The maximum Gasteiger partial charge on any atom is 0.348 e. The van der Waals surface area contributed by atoms with Gasteiger partial charge in [-0.3, -0.25) is 0 Å². The minimum Gasteiger partial charge on any atom is -0.419 e. The summed E-state index contributed by atoms with van der Waals surface area (Å²) in [6.45, 7) is 4.21. The highest BCUT2D eigenvalue weighted by Crippen LogP contribution is 2.26. The maximum atomic E-state index is 13.8. The van der Waals surface area contributed by atoms with Gasteiger partial charge in [-0.15, -0.1) is 0 Å². The van der Waals surface area contributed by atoms with Crippen LogP contribution < -0.4 is 0 Å². The molecule has 1 heterocycles. The quantitative estimate of drug-likeness (QED) is 0.451. The Bertz CT molecular complexity index is 610. The third kappa shape index (κ3) is 2.54. The summed E-state index contributed by atoms with van der Waals surface area (Å²) in [5, 5.41) is 0. The van der Waals surface area contributed by atoms with Crippen molar-refractivity contribution in [2.24, 2.45) is 0 Å². The summed E-state index contributed by atoms with van der Waals surface area (Å²) < 4.78 is 37.1. The van der Waals surface area contributed by atoms with Crippen LogP contribution in [0.25, 0.3) is 6.08 Å². The SMILES string of the molecule is Cc1ccc(F)c(C=C2C(=O)OC(C)(C)OC2=O)c1F. The van der Waals surface area contributed by atoms with Crippen molar-refractivity contribution in [3.05, 3.63) is 40.5 Å². The maximum absolute atomic E-state index is 13.8. The van der Waals surface area contributed by atoms with Crippen molar-refractivity contribution in [2.75, 3.05) is 0 Å². The summed E-state index contributed by atoms with van der Waals surface area (Å²) in [4.78, 5) is 23.4. The number of benzene rings is 1. The van der Waals surface area contributed by atoms with E-state index in [0.29, 0.717) is 0 Å². The smallest absolute Gasteiger partial charge is 0.348 e. The lowest BCUT2D eigenvalue weighted by atomic mass is 10.1. The lowest BCUT2D eigenvalue weighted by Crippen LogP contribution is -2.41. The minimum absolute atomic E-state index is 0.191. The summed E-state index contributed by atoms with van der Waals surface area (Å²) in [6, 6.07) is 2.31. The molecule has 1 aliphatic rings. The van der Waals surface area contributed by atoms with Gasteiger partial charge >= 0.3 is 11.9 Å². The third-order valence-corrected chi connectivity index (χ3v) is 2.73. The summed E-state index contributed by atoms with van der Waals surface area (Å²) >= 11 is 0. The molecule has 0 spiro atoms. The molecule has 0 amide bonds. The van der Waals surface area contributed by atoms with Crippen molar-refractivity contribution in [3.8, 4) is 0 Å². The van der Waals surface area contributed by atoms with Crippen LogP contribution in [0.1, 0.15) is 25.0 Å². The molecule has 0 radical (unpaired) electrons. The van der Waals surface area contributed by atoms with Gasteiger partial charge in [-0.1, -0.05) is 6.07 Å². The number of hydrogen-bond donors (Lipinski definition) is 0. The van der Waals surface area contributed by atoms with E-state index in [1.807, 2.05) is 0 Å². The lowest BCUT2D eigenvalue weighted by Gasteiger charge is -2.29. The second kappa shape index (κ2) is 4.70. The molecule has 1 aliphatic heterocycles. The highest BCUT2D eigenvalue weighted by molar-refractivity contribution is 6.18. The molecular weight excluding hydrogens is 270 g/mol. The molecule has 0 aliphatic carbocycles. The molecule has 4 nitrogen and oxygen atoms in total. The van der Waals surface area contributed by atoms with Gasteiger partial charge in [-0.05, 0) is 24.6 Å². The van der Waals surface area contributed by atoms with Crippen LogP contribution in [0.4, 0.5) is 8.78 Å². The molecule has 0 unspecified atom stereocenters. The highest BCUT2D eigenvalue weighted by Gasteiger charge is 2.39. The topological polar surface area (TPSA) is 52.6 Å². The van der Waals surface area contributed by atoms with Gasteiger partial charge in [0.05, 0.1) is 0 Å². The number of esters is 2. The van der Waals surface area contributed by atoms with Gasteiger partial charge in [0.15, 0.2) is 0 Å². The van der Waals surface area contributed by atoms with Crippen molar-refractivity contribution >= 4 is 18.0 Å². The first kappa shape index (κ1) is 14.2. The Morgan fingerprint density at radius 2 is 1.65 bits per heavy atom. The molecule has 0 aromatic heterocycles. The highest BCUT2D eigenvalue weighted by atomic mass is 19.1. The Balaban J connectivity index is 2.49. The second-order valence-corrected chi connectivity index (χ2v) is 4.83. The van der Waals surface area contributed by atoms with Gasteiger partial charge < -0.3 is 9.47 Å². The second-order valence-electron chi connectivity index (χ2n) is 4.83. The zero-order chi connectivity index (χ0) is 15.1. The van der Waals surface area contributed by atoms with Crippen molar-refractivity contribution < 1.29 is 27.8 Å². The zero-order valence-corrected chi connectivity index (χ0v) is 11.1. The van der Waals surface area contributed by atoms with Gasteiger partial charge in [0.2, 0.25) is 0 Å². The predicted octanol–water partition coefficient (Wildman–Crippen LogP) is 2.49. The third-order valence-electron chi connectivity index (χ3n) is 2.73. The zero-order valence-electron chi connectivity index (χ0n) is 11.1. The largest absolute Gasteiger partial charge is 0.419 e. The first-order chi connectivity index (χ1) is 9.21. The summed E-state index contributed by atoms with van der Waals surface area (Å²) in [7, 11) is 0. The molecular formula is C14H12F2O4. The predicted molar refractivity (Wildman–Crippen MR) is 65.3 cm³/mol. The molecule has 0 bridgehead atoms. The Kier molecular flexibility index (Phi) is 3.33. The molecule has 0 N–H and O–H groups in total. The van der Waals surface area contributed by atoms with E-state index in [4.69, 9.17) is 9.47 Å². The summed E-state index contributed by atoms with van der Waals surface area (Å²) in [5.74, 6) is -5.08. The molecule has 1 aromatic carbocycles. The normalized spacial score (nSPS) is 17.6. The number of carbonyl (C=O) groups is 2. The van der Waals surface area contributed by atoms with E-state index in [1.54, 1.807) is 0 Å². The number of rotatable bonds is 1. The number of aryl methyl sites for hydroxylation is 1. The fraction of sp³-hybridized carbons (Fsp3) is 0.286. The summed E-state index contributed by atoms with van der Waals surface area (Å²) in [6.07, 6.45) is 0.803. The van der Waals surface area contributed by atoms with Crippen molar-refractivity contribution in [3.63, 3.8) is 0 Å². The Labute approximate surface area is 114 Å². The van der Waals surface area contributed by atoms with E-state index < -0.39 is 40.5 Å². The van der Waals surface area contributed by atoms with E-state index in [-0.39, 0.29) is 5.56 Å². The van der Waals surface area contributed by atoms with Crippen LogP contribution in [0.2, 0.25) is 0 Å².